The molecule has 1 saturated heterocycles. The SMILES string of the molecule is O=C(Nc1ccc(-n2ccccc2=O)c(F)c1)[C@H]1C[C@@H](O)CN1C(=O)Nc1ccc(Cl)cc1. The van der Waals surface area contributed by atoms with Crippen molar-refractivity contribution >= 4 is 34.9 Å². The molecule has 0 radical (unpaired) electrons. The Morgan fingerprint density at radius 3 is 2.45 bits per heavy atom. The first-order chi connectivity index (χ1) is 15.8. The molecule has 1 fully saturated rings. The minimum Gasteiger partial charge on any atom is -0.391 e. The molecule has 3 N–H and O–H groups in total. The molecule has 10 heteroatoms. The van der Waals surface area contributed by atoms with Crippen molar-refractivity contribution in [1.82, 2.24) is 9.47 Å². The van der Waals surface area contributed by atoms with E-state index in [1.165, 1.54) is 29.3 Å². The van der Waals surface area contributed by atoms with Crippen molar-refractivity contribution in [3.05, 3.63) is 88.1 Å². The number of aromatic nitrogens is 1. The average Bonchev–Trinajstić information content (AvgIpc) is 3.18. The lowest BCUT2D eigenvalue weighted by atomic mass is 10.1. The number of carbonyl (C=O) groups is 2. The topological polar surface area (TPSA) is 104 Å². The maximum absolute atomic E-state index is 14.6. The Kier molecular flexibility index (Phi) is 6.43. The van der Waals surface area contributed by atoms with Crippen LogP contribution in [-0.2, 0) is 4.79 Å². The second-order valence-corrected chi connectivity index (χ2v) is 8.00. The monoisotopic (exact) mass is 470 g/mol. The van der Waals surface area contributed by atoms with Crippen LogP contribution in [0.2, 0.25) is 5.02 Å². The van der Waals surface area contributed by atoms with E-state index in [1.807, 2.05) is 0 Å². The third-order valence-corrected chi connectivity index (χ3v) is 5.49. The van der Waals surface area contributed by atoms with E-state index in [0.717, 1.165) is 10.6 Å². The van der Waals surface area contributed by atoms with E-state index in [4.69, 9.17) is 11.6 Å². The standard InChI is InChI=1S/C23H20ClFN4O4/c24-14-4-6-15(7-5-14)27-23(33)29-13-17(30)12-20(29)22(32)26-16-8-9-19(18(25)11-16)28-10-2-1-3-21(28)31/h1-11,17,20,30H,12-13H2,(H,26,32)(H,27,33)/t17-,20-/m1/s1. The summed E-state index contributed by atoms with van der Waals surface area (Å²) in [6, 6.07) is 13.3. The number of urea groups is 1. The zero-order valence-electron chi connectivity index (χ0n) is 17.2. The van der Waals surface area contributed by atoms with Gasteiger partial charge in [-0.1, -0.05) is 17.7 Å². The fraction of sp³-hybridized carbons (Fsp3) is 0.174. The van der Waals surface area contributed by atoms with Crippen molar-refractivity contribution < 1.29 is 19.1 Å². The number of aliphatic hydroxyl groups is 1. The largest absolute Gasteiger partial charge is 0.391 e. The summed E-state index contributed by atoms with van der Waals surface area (Å²) in [4.78, 5) is 38.7. The molecular formula is C23H20ClFN4O4. The van der Waals surface area contributed by atoms with Gasteiger partial charge in [0.15, 0.2) is 0 Å². The highest BCUT2D eigenvalue weighted by molar-refractivity contribution is 6.30. The molecule has 0 unspecified atom stereocenters. The first-order valence-electron chi connectivity index (χ1n) is 10.1. The van der Waals surface area contributed by atoms with Gasteiger partial charge >= 0.3 is 6.03 Å². The van der Waals surface area contributed by atoms with Gasteiger partial charge in [-0.2, -0.15) is 0 Å². The van der Waals surface area contributed by atoms with Crippen LogP contribution in [0.5, 0.6) is 0 Å². The molecule has 8 nitrogen and oxygen atoms in total. The lowest BCUT2D eigenvalue weighted by Gasteiger charge is -2.24. The number of rotatable bonds is 4. The van der Waals surface area contributed by atoms with Gasteiger partial charge in [-0.15, -0.1) is 0 Å². The molecule has 1 aromatic heterocycles. The number of pyridine rings is 1. The molecule has 1 aliphatic rings. The Labute approximate surface area is 193 Å². The zero-order valence-corrected chi connectivity index (χ0v) is 18.0. The van der Waals surface area contributed by atoms with Crippen molar-refractivity contribution in [2.24, 2.45) is 0 Å². The number of aliphatic hydroxyl groups excluding tert-OH is 1. The number of hydrogen-bond acceptors (Lipinski definition) is 4. The van der Waals surface area contributed by atoms with Crippen LogP contribution in [0.4, 0.5) is 20.6 Å². The zero-order chi connectivity index (χ0) is 23.5. The summed E-state index contributed by atoms with van der Waals surface area (Å²) in [6.45, 7) is -0.0261. The van der Waals surface area contributed by atoms with Crippen LogP contribution in [0.25, 0.3) is 5.69 Å². The van der Waals surface area contributed by atoms with E-state index in [0.29, 0.717) is 10.7 Å². The summed E-state index contributed by atoms with van der Waals surface area (Å²) >= 11 is 5.85. The van der Waals surface area contributed by atoms with Crippen molar-refractivity contribution in [3.63, 3.8) is 0 Å². The number of benzene rings is 2. The number of likely N-dealkylation sites (tertiary alicyclic amines) is 1. The van der Waals surface area contributed by atoms with E-state index >= 15 is 0 Å². The molecule has 2 heterocycles. The molecule has 3 aromatic rings. The van der Waals surface area contributed by atoms with Gasteiger partial charge in [0.25, 0.3) is 5.56 Å². The number of amides is 3. The maximum Gasteiger partial charge on any atom is 0.322 e. The van der Waals surface area contributed by atoms with E-state index in [2.05, 4.69) is 10.6 Å². The van der Waals surface area contributed by atoms with Gasteiger partial charge in [0, 0.05) is 41.6 Å². The summed E-state index contributed by atoms with van der Waals surface area (Å²) in [7, 11) is 0. The van der Waals surface area contributed by atoms with Crippen molar-refractivity contribution in [1.29, 1.82) is 0 Å². The van der Waals surface area contributed by atoms with E-state index < -0.39 is 35.5 Å². The predicted molar refractivity (Wildman–Crippen MR) is 122 cm³/mol. The Morgan fingerprint density at radius 1 is 1.03 bits per heavy atom. The van der Waals surface area contributed by atoms with E-state index in [1.54, 1.807) is 36.4 Å². The lowest BCUT2D eigenvalue weighted by Crippen LogP contribution is -2.45. The van der Waals surface area contributed by atoms with Gasteiger partial charge in [-0.3, -0.25) is 14.2 Å². The minimum atomic E-state index is -0.952. The van der Waals surface area contributed by atoms with Gasteiger partial charge in [-0.05, 0) is 48.5 Å². The summed E-state index contributed by atoms with van der Waals surface area (Å²) < 4.78 is 15.8. The number of carbonyl (C=O) groups excluding carboxylic acids is 2. The van der Waals surface area contributed by atoms with E-state index in [-0.39, 0.29) is 24.3 Å². The van der Waals surface area contributed by atoms with Crippen LogP contribution in [0.1, 0.15) is 6.42 Å². The molecule has 3 amide bonds. The number of nitrogens with zero attached hydrogens (tertiary/aromatic N) is 2. The third-order valence-electron chi connectivity index (χ3n) is 5.24. The first kappa shape index (κ1) is 22.5. The number of halogens is 2. The molecule has 1 aliphatic heterocycles. The second kappa shape index (κ2) is 9.43. The molecule has 2 atom stereocenters. The molecule has 4 rings (SSSR count). The van der Waals surface area contributed by atoms with Crippen LogP contribution in [-0.4, -0.2) is 45.2 Å². The fourth-order valence-corrected chi connectivity index (χ4v) is 3.77. The Hall–Kier alpha value is -3.69. The molecule has 170 valence electrons. The lowest BCUT2D eigenvalue weighted by molar-refractivity contribution is -0.119. The van der Waals surface area contributed by atoms with Crippen LogP contribution in [0, 0.1) is 5.82 Å². The fourth-order valence-electron chi connectivity index (χ4n) is 3.65. The number of nitrogens with one attached hydrogen (secondary N) is 2. The maximum atomic E-state index is 14.6. The summed E-state index contributed by atoms with van der Waals surface area (Å²) in [6.07, 6.45) is 0.608. The normalized spacial score (nSPS) is 17.6. The Morgan fingerprint density at radius 2 is 1.76 bits per heavy atom. The predicted octanol–water partition coefficient (Wildman–Crippen LogP) is 3.24. The van der Waals surface area contributed by atoms with Crippen LogP contribution >= 0.6 is 11.6 Å². The molecule has 0 spiro atoms. The van der Waals surface area contributed by atoms with Crippen LogP contribution in [0.15, 0.2) is 71.7 Å². The van der Waals surface area contributed by atoms with Gasteiger partial charge in [0.05, 0.1) is 11.8 Å². The number of anilines is 2. The highest BCUT2D eigenvalue weighted by atomic mass is 35.5. The first-order valence-corrected chi connectivity index (χ1v) is 10.5. The molecule has 0 saturated carbocycles. The highest BCUT2D eigenvalue weighted by Gasteiger charge is 2.39. The Bertz CT molecular complexity index is 1250. The highest BCUT2D eigenvalue weighted by Crippen LogP contribution is 2.23. The smallest absolute Gasteiger partial charge is 0.322 e. The molecule has 2 aromatic carbocycles. The van der Waals surface area contributed by atoms with Crippen molar-refractivity contribution in [3.8, 4) is 5.69 Å². The molecule has 0 bridgehead atoms. The van der Waals surface area contributed by atoms with Gasteiger partial charge in [-0.25, -0.2) is 9.18 Å². The molecule has 33 heavy (non-hydrogen) atoms. The molecular weight excluding hydrogens is 451 g/mol. The quantitative estimate of drug-likeness (QED) is 0.544. The summed E-state index contributed by atoms with van der Waals surface area (Å²) in [5, 5.41) is 15.8. The van der Waals surface area contributed by atoms with Gasteiger partial charge in [0.1, 0.15) is 11.9 Å². The van der Waals surface area contributed by atoms with Gasteiger partial charge < -0.3 is 20.6 Å². The Balaban J connectivity index is 1.48. The second-order valence-electron chi connectivity index (χ2n) is 7.56. The number of β-amino-alcohol motifs (C(OH)–C–C–N with tert-alkyl or cyclic N) is 1. The summed E-state index contributed by atoms with van der Waals surface area (Å²) in [5.74, 6) is -1.27. The minimum absolute atomic E-state index is 0.0261. The van der Waals surface area contributed by atoms with Crippen molar-refractivity contribution in [2.45, 2.75) is 18.6 Å². The summed E-state index contributed by atoms with van der Waals surface area (Å²) in [5.41, 5.74) is 0.290. The van der Waals surface area contributed by atoms with Gasteiger partial charge in [0.2, 0.25) is 5.91 Å². The number of hydrogen-bond donors (Lipinski definition) is 3. The third kappa shape index (κ3) is 5.05. The van der Waals surface area contributed by atoms with Crippen molar-refractivity contribution in [2.75, 3.05) is 17.2 Å². The molecule has 0 aliphatic carbocycles. The van der Waals surface area contributed by atoms with Crippen LogP contribution < -0.4 is 16.2 Å². The average molecular weight is 471 g/mol. The van der Waals surface area contributed by atoms with Crippen LogP contribution in [0.3, 0.4) is 0 Å². The van der Waals surface area contributed by atoms with E-state index in [9.17, 15) is 23.9 Å².